The van der Waals surface area contributed by atoms with Crippen molar-refractivity contribution in [2.75, 3.05) is 23.7 Å². The fourth-order valence-corrected chi connectivity index (χ4v) is 5.27. The molecular weight excluding hydrogens is 517 g/mol. The molecule has 0 aliphatic carbocycles. The van der Waals surface area contributed by atoms with Gasteiger partial charge in [0.1, 0.15) is 18.4 Å². The summed E-state index contributed by atoms with van der Waals surface area (Å²) in [5.74, 6) is -1.52. The Labute approximate surface area is 230 Å². The van der Waals surface area contributed by atoms with Crippen molar-refractivity contribution in [1.82, 2.24) is 10.2 Å². The molecule has 0 aromatic heterocycles. The van der Waals surface area contributed by atoms with E-state index < -0.39 is 34.3 Å². The van der Waals surface area contributed by atoms with Crippen molar-refractivity contribution in [2.45, 2.75) is 46.2 Å². The van der Waals surface area contributed by atoms with Crippen LogP contribution >= 0.6 is 0 Å². The number of hydrogen-bond acceptors (Lipinski definition) is 4. The van der Waals surface area contributed by atoms with Crippen LogP contribution in [0.25, 0.3) is 0 Å². The molecule has 3 aromatic rings. The van der Waals surface area contributed by atoms with E-state index in [1.54, 1.807) is 30.3 Å². The van der Waals surface area contributed by atoms with Gasteiger partial charge in [0.15, 0.2) is 0 Å². The summed E-state index contributed by atoms with van der Waals surface area (Å²) in [6.07, 6.45) is 1.91. The van der Waals surface area contributed by atoms with Gasteiger partial charge in [-0.05, 0) is 55.2 Å². The van der Waals surface area contributed by atoms with Gasteiger partial charge in [-0.3, -0.25) is 13.9 Å². The highest BCUT2D eigenvalue weighted by molar-refractivity contribution is 7.92. The number of amides is 2. The third kappa shape index (κ3) is 8.38. The standard InChI is InChI=1S/C30H36FN3O4S/c1-5-15-32-30(36)28(19-24-11-7-6-8-12-24)33(20-25-13-9-10-14-27(25)31)29(35)21-34(39(4,37)38)26-17-22(2)16-23(3)18-26/h6-14,16-18,28H,5,15,19-21H2,1-4H3,(H,32,36). The summed E-state index contributed by atoms with van der Waals surface area (Å²) in [5, 5.41) is 2.86. The third-order valence-electron chi connectivity index (χ3n) is 6.29. The van der Waals surface area contributed by atoms with Crippen molar-refractivity contribution < 1.29 is 22.4 Å². The van der Waals surface area contributed by atoms with Crippen LogP contribution < -0.4 is 9.62 Å². The largest absolute Gasteiger partial charge is 0.354 e. The fourth-order valence-electron chi connectivity index (χ4n) is 4.44. The van der Waals surface area contributed by atoms with Crippen LogP contribution in [0.3, 0.4) is 0 Å². The number of halogens is 1. The van der Waals surface area contributed by atoms with Gasteiger partial charge in [0.25, 0.3) is 0 Å². The number of nitrogens with zero attached hydrogens (tertiary/aromatic N) is 2. The zero-order valence-electron chi connectivity index (χ0n) is 22.9. The summed E-state index contributed by atoms with van der Waals surface area (Å²) in [5.41, 5.74) is 3.08. The van der Waals surface area contributed by atoms with Gasteiger partial charge in [-0.1, -0.05) is 61.5 Å². The minimum Gasteiger partial charge on any atom is -0.354 e. The summed E-state index contributed by atoms with van der Waals surface area (Å²) in [6, 6.07) is 19.6. The maximum Gasteiger partial charge on any atom is 0.244 e. The smallest absolute Gasteiger partial charge is 0.244 e. The normalized spacial score (nSPS) is 12.0. The molecule has 0 bridgehead atoms. The highest BCUT2D eigenvalue weighted by Gasteiger charge is 2.33. The third-order valence-corrected chi connectivity index (χ3v) is 7.43. The Bertz CT molecular complexity index is 1380. The Morgan fingerprint density at radius 2 is 1.56 bits per heavy atom. The highest BCUT2D eigenvalue weighted by atomic mass is 32.2. The van der Waals surface area contributed by atoms with Crippen molar-refractivity contribution in [3.63, 3.8) is 0 Å². The van der Waals surface area contributed by atoms with Gasteiger partial charge in [-0.2, -0.15) is 0 Å². The number of carbonyl (C=O) groups is 2. The molecule has 0 aliphatic heterocycles. The Morgan fingerprint density at radius 1 is 0.949 bits per heavy atom. The van der Waals surface area contributed by atoms with Crippen molar-refractivity contribution >= 4 is 27.5 Å². The Hall–Kier alpha value is -3.72. The average molecular weight is 554 g/mol. The van der Waals surface area contributed by atoms with E-state index in [-0.39, 0.29) is 24.4 Å². The number of rotatable bonds is 12. The van der Waals surface area contributed by atoms with E-state index in [1.807, 2.05) is 57.2 Å². The van der Waals surface area contributed by atoms with Crippen LogP contribution in [0.15, 0.2) is 72.8 Å². The lowest BCUT2D eigenvalue weighted by atomic mass is 10.0. The van der Waals surface area contributed by atoms with Gasteiger partial charge in [0, 0.05) is 25.1 Å². The van der Waals surface area contributed by atoms with Crippen LogP contribution in [0, 0.1) is 19.7 Å². The monoisotopic (exact) mass is 553 g/mol. The van der Waals surface area contributed by atoms with Gasteiger partial charge in [0.05, 0.1) is 11.9 Å². The summed E-state index contributed by atoms with van der Waals surface area (Å²) in [7, 11) is -3.87. The van der Waals surface area contributed by atoms with E-state index in [4.69, 9.17) is 0 Å². The van der Waals surface area contributed by atoms with E-state index in [2.05, 4.69) is 5.32 Å². The van der Waals surface area contributed by atoms with Gasteiger partial charge in [-0.15, -0.1) is 0 Å². The zero-order valence-corrected chi connectivity index (χ0v) is 23.7. The first-order valence-electron chi connectivity index (χ1n) is 12.9. The Balaban J connectivity index is 2.07. The Morgan fingerprint density at radius 3 is 2.15 bits per heavy atom. The number of nitrogens with one attached hydrogen (secondary N) is 1. The second-order valence-corrected chi connectivity index (χ2v) is 11.6. The molecule has 3 rings (SSSR count). The predicted molar refractivity (Wildman–Crippen MR) is 152 cm³/mol. The van der Waals surface area contributed by atoms with Gasteiger partial charge in [-0.25, -0.2) is 12.8 Å². The molecule has 3 aromatic carbocycles. The van der Waals surface area contributed by atoms with Crippen LogP contribution in [-0.2, 0) is 32.6 Å². The van der Waals surface area contributed by atoms with Crippen LogP contribution in [-0.4, -0.2) is 50.5 Å². The van der Waals surface area contributed by atoms with Crippen molar-refractivity contribution in [2.24, 2.45) is 0 Å². The summed E-state index contributed by atoms with van der Waals surface area (Å²) in [6.45, 7) is 5.27. The first-order valence-corrected chi connectivity index (χ1v) is 14.7. The van der Waals surface area contributed by atoms with E-state index in [1.165, 1.54) is 11.0 Å². The molecule has 0 heterocycles. The second kappa shape index (κ2) is 13.4. The molecule has 1 N–H and O–H groups in total. The quantitative estimate of drug-likeness (QED) is 0.361. The molecule has 7 nitrogen and oxygen atoms in total. The number of anilines is 1. The molecule has 0 fully saturated rings. The van der Waals surface area contributed by atoms with E-state index in [9.17, 15) is 22.4 Å². The molecule has 1 atom stereocenters. The molecule has 0 radical (unpaired) electrons. The first-order chi connectivity index (χ1) is 18.5. The fraction of sp³-hybridized carbons (Fsp3) is 0.333. The lowest BCUT2D eigenvalue weighted by Crippen LogP contribution is -2.53. The lowest BCUT2D eigenvalue weighted by Gasteiger charge is -2.33. The molecule has 2 amide bonds. The summed E-state index contributed by atoms with van der Waals surface area (Å²) < 4.78 is 41.6. The second-order valence-electron chi connectivity index (χ2n) is 9.73. The number of benzene rings is 3. The number of hydrogen-bond donors (Lipinski definition) is 1. The summed E-state index contributed by atoms with van der Waals surface area (Å²) in [4.78, 5) is 28.7. The topological polar surface area (TPSA) is 86.8 Å². The number of carbonyl (C=O) groups excluding carboxylic acids is 2. The van der Waals surface area contributed by atoms with Gasteiger partial charge in [0.2, 0.25) is 21.8 Å². The van der Waals surface area contributed by atoms with Gasteiger partial charge >= 0.3 is 0 Å². The number of aryl methyl sites for hydroxylation is 2. The van der Waals surface area contributed by atoms with Crippen molar-refractivity contribution in [1.29, 1.82) is 0 Å². The average Bonchev–Trinajstić information content (AvgIpc) is 2.88. The van der Waals surface area contributed by atoms with Gasteiger partial charge < -0.3 is 10.2 Å². The highest BCUT2D eigenvalue weighted by Crippen LogP contribution is 2.23. The van der Waals surface area contributed by atoms with Crippen LogP contribution in [0.2, 0.25) is 0 Å². The van der Waals surface area contributed by atoms with Crippen LogP contribution in [0.4, 0.5) is 10.1 Å². The SMILES string of the molecule is CCCNC(=O)C(Cc1ccccc1)N(Cc1ccccc1F)C(=O)CN(c1cc(C)cc(C)c1)S(C)(=O)=O. The van der Waals surface area contributed by atoms with E-state index in [0.29, 0.717) is 18.7 Å². The molecule has 0 saturated heterocycles. The van der Waals surface area contributed by atoms with E-state index in [0.717, 1.165) is 27.3 Å². The molecule has 0 spiro atoms. The molecule has 0 saturated carbocycles. The molecule has 208 valence electrons. The van der Waals surface area contributed by atoms with E-state index >= 15 is 0 Å². The first kappa shape index (κ1) is 29.8. The van der Waals surface area contributed by atoms with Crippen LogP contribution in [0.1, 0.15) is 35.6 Å². The molecule has 1 unspecified atom stereocenters. The molecule has 9 heteroatoms. The number of sulfonamides is 1. The predicted octanol–water partition coefficient (Wildman–Crippen LogP) is 4.37. The van der Waals surface area contributed by atoms with Crippen LogP contribution in [0.5, 0.6) is 0 Å². The minimum absolute atomic E-state index is 0.180. The molecular formula is C30H36FN3O4S. The Kier molecular flexibility index (Phi) is 10.2. The summed E-state index contributed by atoms with van der Waals surface area (Å²) >= 11 is 0. The maximum atomic E-state index is 14.8. The van der Waals surface area contributed by atoms with Crippen molar-refractivity contribution in [3.05, 3.63) is 101 Å². The maximum absolute atomic E-state index is 14.8. The zero-order chi connectivity index (χ0) is 28.6. The van der Waals surface area contributed by atoms with Crippen molar-refractivity contribution in [3.8, 4) is 0 Å². The lowest BCUT2D eigenvalue weighted by molar-refractivity contribution is -0.140. The molecule has 39 heavy (non-hydrogen) atoms. The molecule has 0 aliphatic rings. The minimum atomic E-state index is -3.87.